The minimum atomic E-state index is -2.02. The van der Waals surface area contributed by atoms with Crippen molar-refractivity contribution < 1.29 is 4.80 Å². The molecule has 0 bridgehead atoms. The maximum absolute atomic E-state index is 11.7. The fraction of sp³-hybridized carbons (Fsp3) is 1.00. The van der Waals surface area contributed by atoms with Gasteiger partial charge in [0.1, 0.15) is 0 Å². The van der Waals surface area contributed by atoms with Gasteiger partial charge in [0.25, 0.3) is 0 Å². The molecule has 0 spiro atoms. The molecule has 0 aromatic rings. The molecule has 0 aromatic carbocycles. The van der Waals surface area contributed by atoms with Crippen molar-refractivity contribution in [2.24, 2.45) is 0 Å². The third-order valence-corrected chi connectivity index (χ3v) is 6.75. The predicted molar refractivity (Wildman–Crippen MR) is 42.5 cm³/mol. The Morgan fingerprint density at radius 3 is 1.56 bits per heavy atom. The summed E-state index contributed by atoms with van der Waals surface area (Å²) in [6.07, 6.45) is 0. The van der Waals surface area contributed by atoms with Crippen LogP contribution in [0.15, 0.2) is 0 Å². The van der Waals surface area contributed by atoms with Crippen LogP contribution in [0.25, 0.3) is 0 Å². The van der Waals surface area contributed by atoms with Gasteiger partial charge in [-0.2, -0.15) is 0 Å². The van der Waals surface area contributed by atoms with Crippen LogP contribution < -0.4 is 0 Å². The molecule has 9 heavy (non-hydrogen) atoms. The van der Waals surface area contributed by atoms with Crippen molar-refractivity contribution in [2.75, 3.05) is 0 Å². The Morgan fingerprint density at radius 1 is 1.22 bits per heavy atom. The zero-order valence-corrected chi connectivity index (χ0v) is 7.90. The quantitative estimate of drug-likeness (QED) is 0.544. The summed E-state index contributed by atoms with van der Waals surface area (Å²) in [4.78, 5) is 11.7. The van der Waals surface area contributed by atoms with Gasteiger partial charge in [-0.3, -0.25) is 4.80 Å². The van der Waals surface area contributed by atoms with E-state index in [-0.39, 0.29) is 0 Å². The molecule has 0 unspecified atom stereocenters. The van der Waals surface area contributed by atoms with Crippen molar-refractivity contribution in [3.8, 4) is 0 Å². The van der Waals surface area contributed by atoms with Crippen molar-refractivity contribution in [1.29, 1.82) is 0 Å². The Morgan fingerprint density at radius 2 is 1.56 bits per heavy atom. The van der Waals surface area contributed by atoms with Gasteiger partial charge in [0.05, 0.1) is 0 Å². The van der Waals surface area contributed by atoms with E-state index in [1.165, 1.54) is 0 Å². The molecule has 0 aliphatic carbocycles. The number of rotatable bonds is 3. The van der Waals surface area contributed by atoms with Gasteiger partial charge in [0.2, 0.25) is 8.32 Å². The van der Waals surface area contributed by atoms with E-state index < -0.39 is 8.32 Å². The minimum Gasteiger partial charge on any atom is -0.297 e. The fourth-order valence-corrected chi connectivity index (χ4v) is 3.20. The summed E-state index contributed by atoms with van der Waals surface area (Å²) in [6, 6.07) is 1.78. The first-order valence-electron chi connectivity index (χ1n) is 3.77. The van der Waals surface area contributed by atoms with Gasteiger partial charge >= 0.3 is 0 Å². The topological polar surface area (TPSA) is 19.9 Å². The number of hydrogen-bond donors (Lipinski definition) is 0. The summed E-state index contributed by atoms with van der Waals surface area (Å²) in [7, 11) is -2.02. The lowest BCUT2D eigenvalue weighted by atomic mass is 10.6. The molecule has 0 N–H and O–H groups in total. The largest absolute Gasteiger partial charge is 0.297 e. The van der Waals surface area contributed by atoms with E-state index >= 15 is 0 Å². The summed E-state index contributed by atoms with van der Waals surface area (Å²) >= 11 is 0. The molecule has 0 rings (SSSR count). The molecular weight excluding hydrogens is 128 g/mol. The Labute approximate surface area is 59.2 Å². The van der Waals surface area contributed by atoms with Gasteiger partial charge in [0, 0.05) is 0 Å². The minimum absolute atomic E-state index is 0.410. The first-order chi connectivity index (χ1) is 4.06. The van der Waals surface area contributed by atoms with Gasteiger partial charge in [-0.1, -0.05) is 27.7 Å². The summed E-state index contributed by atoms with van der Waals surface area (Å²) < 4.78 is 0. The average Bonchev–Trinajstić information content (AvgIpc) is 1.86. The third kappa shape index (κ3) is 2.10. The molecule has 0 amide bonds. The van der Waals surface area contributed by atoms with Crippen molar-refractivity contribution in [1.82, 2.24) is 0 Å². The summed E-state index contributed by atoms with van der Waals surface area (Å²) in [5.41, 5.74) is 0.410. The summed E-state index contributed by atoms with van der Waals surface area (Å²) in [6.45, 7) is 8.18. The van der Waals surface area contributed by atoms with Crippen LogP contribution in [0.2, 0.25) is 17.6 Å². The summed E-state index contributed by atoms with van der Waals surface area (Å²) in [5.74, 6) is 0. The van der Waals surface area contributed by atoms with Crippen LogP contribution >= 0.6 is 0 Å². The third-order valence-electron chi connectivity index (χ3n) is 2.25. The van der Waals surface area contributed by atoms with E-state index in [2.05, 4.69) is 13.8 Å². The SMILES string of the molecule is CC[Si]([O])(CC)C(C)C. The molecular formula is C7H17OSi. The molecule has 2 heteroatoms. The van der Waals surface area contributed by atoms with Crippen molar-refractivity contribution in [2.45, 2.75) is 45.3 Å². The van der Waals surface area contributed by atoms with E-state index in [1.54, 1.807) is 0 Å². The highest BCUT2D eigenvalue weighted by Crippen LogP contribution is 2.25. The second kappa shape index (κ2) is 3.37. The molecule has 0 aliphatic rings. The van der Waals surface area contributed by atoms with Crippen molar-refractivity contribution >= 4 is 8.32 Å². The van der Waals surface area contributed by atoms with Crippen LogP contribution in [0, 0.1) is 0 Å². The van der Waals surface area contributed by atoms with E-state index in [4.69, 9.17) is 0 Å². The molecule has 0 aliphatic heterocycles. The fourth-order valence-electron chi connectivity index (χ4n) is 1.07. The average molecular weight is 145 g/mol. The Balaban J connectivity index is 3.92. The lowest BCUT2D eigenvalue weighted by Crippen LogP contribution is -2.33. The van der Waals surface area contributed by atoms with Crippen molar-refractivity contribution in [3.63, 3.8) is 0 Å². The Hall–Kier alpha value is 0.177. The maximum Gasteiger partial charge on any atom is 0.239 e. The highest BCUT2D eigenvalue weighted by atomic mass is 28.4. The predicted octanol–water partition coefficient (Wildman–Crippen LogP) is 2.81. The van der Waals surface area contributed by atoms with Crippen LogP contribution in [0.3, 0.4) is 0 Å². The zero-order valence-electron chi connectivity index (χ0n) is 6.90. The number of hydrogen-bond acceptors (Lipinski definition) is 0. The normalized spacial score (nSPS) is 12.7. The van der Waals surface area contributed by atoms with Gasteiger partial charge in [-0.15, -0.1) is 0 Å². The monoisotopic (exact) mass is 145 g/mol. The van der Waals surface area contributed by atoms with Crippen LogP contribution in [-0.4, -0.2) is 8.32 Å². The standard InChI is InChI=1S/C7H17OSi/c1-5-9(8,6-2)7(3)4/h7H,5-6H2,1-4H3. The molecule has 1 radical (unpaired) electrons. The molecule has 55 valence electrons. The second-order valence-electron chi connectivity index (χ2n) is 2.93. The highest BCUT2D eigenvalue weighted by molar-refractivity contribution is 6.73. The molecule has 0 aromatic heterocycles. The van der Waals surface area contributed by atoms with E-state index in [9.17, 15) is 4.80 Å². The van der Waals surface area contributed by atoms with Gasteiger partial charge < -0.3 is 0 Å². The second-order valence-corrected chi connectivity index (χ2v) is 7.63. The smallest absolute Gasteiger partial charge is 0.239 e. The van der Waals surface area contributed by atoms with Gasteiger partial charge in [0.15, 0.2) is 0 Å². The summed E-state index contributed by atoms with van der Waals surface area (Å²) in [5, 5.41) is 0. The lowest BCUT2D eigenvalue weighted by molar-refractivity contribution is 0.402. The van der Waals surface area contributed by atoms with Gasteiger partial charge in [-0.05, 0) is 17.6 Å². The van der Waals surface area contributed by atoms with E-state index in [1.807, 2.05) is 13.8 Å². The Kier molecular flexibility index (Phi) is 3.44. The molecule has 0 atom stereocenters. The maximum atomic E-state index is 11.7. The molecule has 0 saturated heterocycles. The van der Waals surface area contributed by atoms with E-state index in [0.29, 0.717) is 5.54 Å². The van der Waals surface area contributed by atoms with E-state index in [0.717, 1.165) is 12.1 Å². The molecule has 0 fully saturated rings. The van der Waals surface area contributed by atoms with Crippen LogP contribution in [0.4, 0.5) is 0 Å². The highest BCUT2D eigenvalue weighted by Gasteiger charge is 2.32. The van der Waals surface area contributed by atoms with Gasteiger partial charge in [-0.25, -0.2) is 0 Å². The van der Waals surface area contributed by atoms with Crippen LogP contribution in [0.5, 0.6) is 0 Å². The molecule has 0 saturated carbocycles. The Bertz CT molecular complexity index is 77.0. The first kappa shape index (κ1) is 9.18. The first-order valence-corrected chi connectivity index (χ1v) is 6.17. The van der Waals surface area contributed by atoms with Crippen LogP contribution in [0.1, 0.15) is 27.7 Å². The van der Waals surface area contributed by atoms with Crippen LogP contribution in [-0.2, 0) is 4.80 Å². The zero-order chi connectivity index (χ0) is 7.49. The lowest BCUT2D eigenvalue weighted by Gasteiger charge is -2.22. The van der Waals surface area contributed by atoms with Crippen molar-refractivity contribution in [3.05, 3.63) is 0 Å². The molecule has 0 heterocycles. The molecule has 1 nitrogen and oxygen atoms in total.